The molecule has 1 unspecified atom stereocenters. The van der Waals surface area contributed by atoms with Crippen LogP contribution in [0.1, 0.15) is 56.2 Å². The highest BCUT2D eigenvalue weighted by atomic mass is 16.5. The number of aryl methyl sites for hydroxylation is 2. The molecule has 0 bridgehead atoms. The largest absolute Gasteiger partial charge is 0.493 e. The first kappa shape index (κ1) is 14.8. The molecule has 1 rings (SSSR count). The quantitative estimate of drug-likeness (QED) is 0.630. The molecular formula is C17H26O. The number of hydrogen-bond donors (Lipinski definition) is 0. The van der Waals surface area contributed by atoms with Crippen LogP contribution in [-0.4, -0.2) is 6.61 Å². The third kappa shape index (κ3) is 3.90. The number of hydrogen-bond acceptors (Lipinski definition) is 1. The SMILES string of the molecule is C/C=C\CC(C)c1cc(C)cc(C)c1OCCC. The smallest absolute Gasteiger partial charge is 0.125 e. The molecule has 18 heavy (non-hydrogen) atoms. The van der Waals surface area contributed by atoms with Gasteiger partial charge in [-0.3, -0.25) is 0 Å². The number of ether oxygens (including phenoxy) is 1. The maximum Gasteiger partial charge on any atom is 0.125 e. The topological polar surface area (TPSA) is 9.23 Å². The van der Waals surface area contributed by atoms with Crippen LogP contribution >= 0.6 is 0 Å². The van der Waals surface area contributed by atoms with Gasteiger partial charge in [-0.05, 0) is 50.7 Å². The van der Waals surface area contributed by atoms with Crippen LogP contribution in [-0.2, 0) is 0 Å². The van der Waals surface area contributed by atoms with Gasteiger partial charge in [-0.1, -0.05) is 43.7 Å². The second-order valence-electron chi connectivity index (χ2n) is 5.05. The molecule has 0 aliphatic heterocycles. The zero-order valence-corrected chi connectivity index (χ0v) is 12.4. The Morgan fingerprint density at radius 1 is 1.28 bits per heavy atom. The minimum absolute atomic E-state index is 0.506. The van der Waals surface area contributed by atoms with Crippen molar-refractivity contribution in [3.05, 3.63) is 41.0 Å². The summed E-state index contributed by atoms with van der Waals surface area (Å²) < 4.78 is 5.95. The van der Waals surface area contributed by atoms with Gasteiger partial charge in [0.2, 0.25) is 0 Å². The third-order valence-corrected chi connectivity index (χ3v) is 3.15. The first-order valence-electron chi connectivity index (χ1n) is 6.95. The maximum absolute atomic E-state index is 5.95. The van der Waals surface area contributed by atoms with Crippen molar-refractivity contribution in [3.63, 3.8) is 0 Å². The van der Waals surface area contributed by atoms with Gasteiger partial charge in [-0.25, -0.2) is 0 Å². The average Bonchev–Trinajstić information content (AvgIpc) is 2.34. The summed E-state index contributed by atoms with van der Waals surface area (Å²) in [4.78, 5) is 0. The fourth-order valence-electron chi connectivity index (χ4n) is 2.22. The molecule has 1 heteroatoms. The second kappa shape index (κ2) is 7.25. The van der Waals surface area contributed by atoms with E-state index in [2.05, 4.69) is 58.9 Å². The summed E-state index contributed by atoms with van der Waals surface area (Å²) in [5.41, 5.74) is 3.92. The molecule has 1 atom stereocenters. The van der Waals surface area contributed by atoms with E-state index in [-0.39, 0.29) is 0 Å². The number of benzene rings is 1. The lowest BCUT2D eigenvalue weighted by molar-refractivity contribution is 0.310. The maximum atomic E-state index is 5.95. The fraction of sp³-hybridized carbons (Fsp3) is 0.529. The van der Waals surface area contributed by atoms with Gasteiger partial charge in [0.15, 0.2) is 0 Å². The lowest BCUT2D eigenvalue weighted by Gasteiger charge is -2.19. The summed E-state index contributed by atoms with van der Waals surface area (Å²) >= 11 is 0. The molecule has 1 aromatic carbocycles. The molecule has 0 aliphatic rings. The van der Waals surface area contributed by atoms with Gasteiger partial charge in [-0.15, -0.1) is 0 Å². The Kier molecular flexibility index (Phi) is 5.97. The van der Waals surface area contributed by atoms with Crippen LogP contribution in [0.4, 0.5) is 0 Å². The zero-order chi connectivity index (χ0) is 13.5. The Hall–Kier alpha value is -1.24. The van der Waals surface area contributed by atoms with E-state index in [1.807, 2.05) is 0 Å². The molecule has 0 radical (unpaired) electrons. The lowest BCUT2D eigenvalue weighted by atomic mass is 9.93. The van der Waals surface area contributed by atoms with Gasteiger partial charge in [-0.2, -0.15) is 0 Å². The van der Waals surface area contributed by atoms with E-state index in [9.17, 15) is 0 Å². The summed E-state index contributed by atoms with van der Waals surface area (Å²) in [6, 6.07) is 4.48. The van der Waals surface area contributed by atoms with E-state index in [0.717, 1.165) is 25.2 Å². The first-order valence-corrected chi connectivity index (χ1v) is 6.95. The van der Waals surface area contributed by atoms with Crippen LogP contribution in [0.2, 0.25) is 0 Å². The molecule has 100 valence electrons. The van der Waals surface area contributed by atoms with Crippen molar-refractivity contribution in [3.8, 4) is 5.75 Å². The standard InChI is InChI=1S/C17H26O/c1-6-8-9-14(4)16-12-13(3)11-15(5)17(16)18-10-7-2/h6,8,11-12,14H,7,9-10H2,1-5H3/b8-6-. The minimum Gasteiger partial charge on any atom is -0.493 e. The van der Waals surface area contributed by atoms with Gasteiger partial charge in [0, 0.05) is 0 Å². The van der Waals surface area contributed by atoms with Crippen molar-refractivity contribution in [1.29, 1.82) is 0 Å². The highest BCUT2D eigenvalue weighted by Gasteiger charge is 2.13. The fourth-order valence-corrected chi connectivity index (χ4v) is 2.22. The summed E-state index contributed by atoms with van der Waals surface area (Å²) in [7, 11) is 0. The van der Waals surface area contributed by atoms with E-state index in [1.165, 1.54) is 16.7 Å². The van der Waals surface area contributed by atoms with Crippen LogP contribution in [0.3, 0.4) is 0 Å². The van der Waals surface area contributed by atoms with Crippen molar-refractivity contribution in [2.75, 3.05) is 6.61 Å². The molecule has 0 amide bonds. The van der Waals surface area contributed by atoms with E-state index in [0.29, 0.717) is 5.92 Å². The van der Waals surface area contributed by atoms with Crippen molar-refractivity contribution in [2.45, 2.75) is 53.4 Å². The highest BCUT2D eigenvalue weighted by molar-refractivity contribution is 5.45. The summed E-state index contributed by atoms with van der Waals surface area (Å²) in [6.45, 7) is 11.6. The molecule has 0 saturated heterocycles. The van der Waals surface area contributed by atoms with Crippen molar-refractivity contribution >= 4 is 0 Å². The Morgan fingerprint density at radius 3 is 2.61 bits per heavy atom. The average molecular weight is 246 g/mol. The summed E-state index contributed by atoms with van der Waals surface area (Å²) in [5.74, 6) is 1.60. The molecular weight excluding hydrogens is 220 g/mol. The summed E-state index contributed by atoms with van der Waals surface area (Å²) in [6.07, 6.45) is 6.47. The molecule has 0 N–H and O–H groups in total. The Morgan fingerprint density at radius 2 is 2.00 bits per heavy atom. The van der Waals surface area contributed by atoms with Crippen LogP contribution in [0, 0.1) is 13.8 Å². The van der Waals surface area contributed by atoms with E-state index >= 15 is 0 Å². The molecule has 0 spiro atoms. The van der Waals surface area contributed by atoms with Crippen molar-refractivity contribution < 1.29 is 4.74 Å². The minimum atomic E-state index is 0.506. The highest BCUT2D eigenvalue weighted by Crippen LogP contribution is 2.33. The lowest BCUT2D eigenvalue weighted by Crippen LogP contribution is -2.04. The van der Waals surface area contributed by atoms with E-state index in [4.69, 9.17) is 4.74 Å². The summed E-state index contributed by atoms with van der Waals surface area (Å²) in [5, 5.41) is 0. The van der Waals surface area contributed by atoms with Crippen LogP contribution in [0.5, 0.6) is 5.75 Å². The number of rotatable bonds is 6. The Balaban J connectivity index is 3.05. The normalized spacial score (nSPS) is 12.9. The Bertz CT molecular complexity index is 404. The number of allylic oxidation sites excluding steroid dienone is 2. The van der Waals surface area contributed by atoms with Crippen molar-refractivity contribution in [2.24, 2.45) is 0 Å². The van der Waals surface area contributed by atoms with Crippen LogP contribution in [0.15, 0.2) is 24.3 Å². The van der Waals surface area contributed by atoms with Gasteiger partial charge < -0.3 is 4.74 Å². The Labute approximate surface area is 112 Å². The molecule has 0 fully saturated rings. The molecule has 1 nitrogen and oxygen atoms in total. The van der Waals surface area contributed by atoms with E-state index < -0.39 is 0 Å². The van der Waals surface area contributed by atoms with E-state index in [1.54, 1.807) is 0 Å². The van der Waals surface area contributed by atoms with Crippen molar-refractivity contribution in [1.82, 2.24) is 0 Å². The van der Waals surface area contributed by atoms with Gasteiger partial charge >= 0.3 is 0 Å². The van der Waals surface area contributed by atoms with Gasteiger partial charge in [0.05, 0.1) is 6.61 Å². The molecule has 0 aromatic heterocycles. The molecule has 0 aliphatic carbocycles. The van der Waals surface area contributed by atoms with Crippen LogP contribution in [0.25, 0.3) is 0 Å². The predicted octanol–water partition coefficient (Wildman–Crippen LogP) is 5.16. The van der Waals surface area contributed by atoms with Gasteiger partial charge in [0.1, 0.15) is 5.75 Å². The second-order valence-corrected chi connectivity index (χ2v) is 5.05. The predicted molar refractivity (Wildman–Crippen MR) is 79.5 cm³/mol. The zero-order valence-electron chi connectivity index (χ0n) is 12.4. The monoisotopic (exact) mass is 246 g/mol. The van der Waals surface area contributed by atoms with Crippen LogP contribution < -0.4 is 4.74 Å². The van der Waals surface area contributed by atoms with Gasteiger partial charge in [0.25, 0.3) is 0 Å². The molecule has 0 heterocycles. The molecule has 1 aromatic rings. The first-order chi connectivity index (χ1) is 8.60. The third-order valence-electron chi connectivity index (χ3n) is 3.15. The molecule has 0 saturated carbocycles.